The summed E-state index contributed by atoms with van der Waals surface area (Å²) in [4.78, 5) is 45.6. The van der Waals surface area contributed by atoms with E-state index in [9.17, 15) is 14.7 Å². The van der Waals surface area contributed by atoms with Crippen LogP contribution in [0.25, 0.3) is 33.4 Å². The van der Waals surface area contributed by atoms with E-state index in [4.69, 9.17) is 25.2 Å². The van der Waals surface area contributed by atoms with Crippen molar-refractivity contribution in [2.45, 2.75) is 116 Å². The van der Waals surface area contributed by atoms with Crippen LogP contribution < -0.4 is 11.1 Å². The van der Waals surface area contributed by atoms with Crippen LogP contribution in [0.5, 0.6) is 0 Å². The molecule has 1 aromatic carbocycles. The maximum atomic E-state index is 16.8. The normalized spacial score (nSPS) is 22.6. The van der Waals surface area contributed by atoms with E-state index in [2.05, 4.69) is 15.3 Å². The molecule has 1 aliphatic carbocycles. The second kappa shape index (κ2) is 16.0. The quantitative estimate of drug-likeness (QED) is 0.108. The molecule has 6 unspecified atom stereocenters. The number of aromatic nitrogens is 5. The lowest BCUT2D eigenvalue weighted by Crippen LogP contribution is -2.54. The lowest BCUT2D eigenvalue weighted by atomic mass is 9.93. The van der Waals surface area contributed by atoms with E-state index < -0.39 is 30.6 Å². The lowest BCUT2D eigenvalue weighted by Gasteiger charge is -2.36. The number of ether oxygens (including phenoxy) is 2. The van der Waals surface area contributed by atoms with Gasteiger partial charge in [-0.1, -0.05) is 34.6 Å². The Bertz CT molecular complexity index is 2250. The van der Waals surface area contributed by atoms with Crippen molar-refractivity contribution in [1.29, 1.82) is 0 Å². The topological polar surface area (TPSA) is 180 Å². The van der Waals surface area contributed by atoms with Gasteiger partial charge in [0.15, 0.2) is 12.0 Å². The number of hydrogen-bond donors (Lipinski definition) is 5. The first-order valence-corrected chi connectivity index (χ1v) is 20.8. The number of halogens is 1. The van der Waals surface area contributed by atoms with Crippen molar-refractivity contribution in [2.75, 3.05) is 20.2 Å². The molecule has 310 valence electrons. The molecular weight excluding hydrogens is 742 g/mol. The van der Waals surface area contributed by atoms with Crippen LogP contribution in [0.3, 0.4) is 0 Å². The molecule has 0 spiro atoms. The fourth-order valence-electron chi connectivity index (χ4n) is 9.27. The number of aliphatic hydroxyl groups is 1. The van der Waals surface area contributed by atoms with Gasteiger partial charge in [0.2, 0.25) is 5.91 Å². The number of imidazole rings is 2. The molecule has 0 bridgehead atoms. The number of carbonyl (C=O) groups excluding carboxylic acids is 2. The number of amides is 2. The van der Waals surface area contributed by atoms with Gasteiger partial charge < -0.3 is 45.1 Å². The number of nitrogens with one attached hydrogen (secondary N) is 3. The van der Waals surface area contributed by atoms with Gasteiger partial charge in [0.1, 0.15) is 23.6 Å². The SMILES string of the molecule is CCC1OC2=C(CCC(c3ncc(C4CCCN4C(=O)C(N)C(C)C)[nH]3)=C2)c2c(F)c3cc(-c4ncc(C5CCCN5C(O)C(NC(=O)OC)C(C)C)[nH]4)ccc3n21. The van der Waals surface area contributed by atoms with Gasteiger partial charge in [-0.2, -0.15) is 0 Å². The molecule has 3 aromatic heterocycles. The summed E-state index contributed by atoms with van der Waals surface area (Å²) < 4.78 is 30.3. The molecule has 4 aromatic rings. The predicted molar refractivity (Wildman–Crippen MR) is 218 cm³/mol. The van der Waals surface area contributed by atoms with E-state index in [0.29, 0.717) is 55.0 Å². The molecule has 2 saturated heterocycles. The Labute approximate surface area is 338 Å². The van der Waals surface area contributed by atoms with Gasteiger partial charge in [0, 0.05) is 36.0 Å². The van der Waals surface area contributed by atoms with Crippen molar-refractivity contribution in [3.63, 3.8) is 0 Å². The highest BCUT2D eigenvalue weighted by molar-refractivity contribution is 5.92. The average molecular weight is 798 g/mol. The zero-order valence-electron chi connectivity index (χ0n) is 34.2. The van der Waals surface area contributed by atoms with Crippen molar-refractivity contribution in [2.24, 2.45) is 17.6 Å². The van der Waals surface area contributed by atoms with Gasteiger partial charge >= 0.3 is 6.09 Å². The molecule has 3 aliphatic heterocycles. The van der Waals surface area contributed by atoms with Crippen LogP contribution in [0, 0.1) is 17.7 Å². The zero-order valence-corrected chi connectivity index (χ0v) is 34.2. The highest BCUT2D eigenvalue weighted by atomic mass is 19.1. The first kappa shape index (κ1) is 39.8. The van der Waals surface area contributed by atoms with Crippen LogP contribution in [0.15, 0.2) is 42.4 Å². The van der Waals surface area contributed by atoms with E-state index in [1.54, 1.807) is 6.20 Å². The summed E-state index contributed by atoms with van der Waals surface area (Å²) >= 11 is 0. The number of H-pyrrole nitrogens is 2. The molecule has 15 heteroatoms. The maximum Gasteiger partial charge on any atom is 0.407 e. The monoisotopic (exact) mass is 797 g/mol. The zero-order chi connectivity index (χ0) is 41.0. The number of rotatable bonds is 11. The van der Waals surface area contributed by atoms with Crippen molar-refractivity contribution in [1.82, 2.24) is 39.6 Å². The predicted octanol–water partition coefficient (Wildman–Crippen LogP) is 6.90. The molecule has 2 fully saturated rings. The molecule has 8 rings (SSSR count). The van der Waals surface area contributed by atoms with Gasteiger partial charge in [-0.3, -0.25) is 9.69 Å². The second-order valence-electron chi connectivity index (χ2n) is 16.8. The summed E-state index contributed by atoms with van der Waals surface area (Å²) in [5.74, 6) is 1.69. The second-order valence-corrected chi connectivity index (χ2v) is 16.8. The standard InChI is InChI=1S/C43H56FN9O5/c1-7-34-53-30-15-13-24(39-46-21-29(48-39)32-11-9-17-52(32)42(55)37(23(4)5)50-43(56)57-6)18-27(30)35(44)38(53)26-14-12-25(19-33(26)58-34)40-47-20-28(49-40)31-10-8-16-51(31)41(54)36(45)22(2)3/h13,15,18-23,31-32,34,36-37,42,55H,7-12,14,16-17,45H2,1-6H3,(H,46,48)(H,47,49)(H,50,56). The molecule has 2 amide bonds. The van der Waals surface area contributed by atoms with Gasteiger partial charge in [-0.25, -0.2) is 19.2 Å². The van der Waals surface area contributed by atoms with E-state index >= 15 is 4.39 Å². The Morgan fingerprint density at radius 2 is 1.74 bits per heavy atom. The van der Waals surface area contributed by atoms with Gasteiger partial charge in [-0.15, -0.1) is 0 Å². The summed E-state index contributed by atoms with van der Waals surface area (Å²) in [6.07, 6.45) is 8.96. The Hall–Kier alpha value is -4.99. The molecule has 6 atom stereocenters. The molecule has 6 N–H and O–H groups in total. The van der Waals surface area contributed by atoms with Crippen LogP contribution in [0.4, 0.5) is 9.18 Å². The summed E-state index contributed by atoms with van der Waals surface area (Å²) in [6, 6.07) is 4.43. The third kappa shape index (κ3) is 7.00. The number of nitrogens with zero attached hydrogens (tertiary/aromatic N) is 5. The number of benzene rings is 1. The summed E-state index contributed by atoms with van der Waals surface area (Å²) in [5, 5.41) is 14.7. The molecule has 6 heterocycles. The first-order chi connectivity index (χ1) is 27.9. The minimum absolute atomic E-state index is 0.0283. The number of nitrogens with two attached hydrogens (primary N) is 1. The number of alkyl carbamates (subject to hydrolysis) is 1. The molecule has 58 heavy (non-hydrogen) atoms. The maximum absolute atomic E-state index is 16.8. The highest BCUT2D eigenvalue weighted by Crippen LogP contribution is 2.47. The highest BCUT2D eigenvalue weighted by Gasteiger charge is 2.39. The van der Waals surface area contributed by atoms with Crippen molar-refractivity contribution < 1.29 is 28.6 Å². The number of carbonyl (C=O) groups is 2. The van der Waals surface area contributed by atoms with Crippen LogP contribution >= 0.6 is 0 Å². The third-order valence-corrected chi connectivity index (χ3v) is 12.5. The molecule has 14 nitrogen and oxygen atoms in total. The number of fused-ring (bicyclic) bond motifs is 4. The number of aromatic amines is 2. The first-order valence-electron chi connectivity index (χ1n) is 20.8. The van der Waals surface area contributed by atoms with Gasteiger partial charge in [0.05, 0.1) is 66.3 Å². The smallest absolute Gasteiger partial charge is 0.407 e. The fourth-order valence-corrected chi connectivity index (χ4v) is 9.27. The number of methoxy groups -OCH3 is 1. The largest absolute Gasteiger partial charge is 0.470 e. The summed E-state index contributed by atoms with van der Waals surface area (Å²) in [6.45, 7) is 11.2. The van der Waals surface area contributed by atoms with Crippen molar-refractivity contribution in [3.05, 3.63) is 71.2 Å². The summed E-state index contributed by atoms with van der Waals surface area (Å²) in [5.41, 5.74) is 11.8. The Balaban J connectivity index is 1.06. The Morgan fingerprint density at radius 1 is 1.03 bits per heavy atom. The molecular formula is C43H56FN9O5. The van der Waals surface area contributed by atoms with Crippen LogP contribution in [0.1, 0.15) is 121 Å². The van der Waals surface area contributed by atoms with Gasteiger partial charge in [-0.05, 0) is 80.2 Å². The minimum Gasteiger partial charge on any atom is -0.470 e. The van der Waals surface area contributed by atoms with Crippen molar-refractivity contribution in [3.8, 4) is 11.4 Å². The van der Waals surface area contributed by atoms with Crippen LogP contribution in [-0.4, -0.2) is 89.9 Å². The fraction of sp³-hybridized carbons (Fsp3) is 0.535. The lowest BCUT2D eigenvalue weighted by molar-refractivity contribution is -0.134. The van der Waals surface area contributed by atoms with Crippen LogP contribution in [-0.2, 0) is 14.3 Å². The van der Waals surface area contributed by atoms with E-state index in [-0.39, 0.29) is 35.6 Å². The van der Waals surface area contributed by atoms with Gasteiger partial charge in [0.25, 0.3) is 0 Å². The Morgan fingerprint density at radius 3 is 2.47 bits per heavy atom. The number of allylic oxidation sites excluding steroid dienone is 3. The number of likely N-dealkylation sites (tertiary alicyclic amines) is 2. The Kier molecular flexibility index (Phi) is 11.0. The molecule has 4 aliphatic rings. The van der Waals surface area contributed by atoms with E-state index in [1.165, 1.54) is 7.11 Å². The third-order valence-electron chi connectivity index (χ3n) is 12.5. The van der Waals surface area contributed by atoms with E-state index in [0.717, 1.165) is 65.1 Å². The number of aliphatic hydroxyl groups excluding tert-OH is 1. The van der Waals surface area contributed by atoms with Crippen molar-refractivity contribution >= 4 is 34.0 Å². The molecule has 0 radical (unpaired) electrons. The van der Waals surface area contributed by atoms with E-state index in [1.807, 2.05) is 79.5 Å². The minimum atomic E-state index is -0.930. The number of hydrogen-bond acceptors (Lipinski definition) is 9. The molecule has 0 saturated carbocycles. The average Bonchev–Trinajstić information content (AvgIpc) is 4.08. The van der Waals surface area contributed by atoms with Crippen LogP contribution in [0.2, 0.25) is 0 Å². The summed E-state index contributed by atoms with van der Waals surface area (Å²) in [7, 11) is 1.31.